The molecule has 1 rings (SSSR count). The molecule has 78 valence electrons. The topological polar surface area (TPSA) is 132 Å². The molecule has 7 nitrogen and oxygen atoms in total. The molecule has 2 atom stereocenters. The van der Waals surface area contributed by atoms with Crippen molar-refractivity contribution in [1.29, 1.82) is 0 Å². The van der Waals surface area contributed by atoms with Crippen LogP contribution in [0.2, 0.25) is 0 Å². The average molecular weight is 201 g/mol. The molecule has 0 bridgehead atoms. The Hall–Kier alpha value is -1.60. The maximum Gasteiger partial charge on any atom is 0.306 e. The zero-order valence-corrected chi connectivity index (χ0v) is 7.21. The fourth-order valence-corrected chi connectivity index (χ4v) is 1.00. The quantitative estimate of drug-likeness (QED) is 0.418. The van der Waals surface area contributed by atoms with Crippen LogP contribution in [0.5, 0.6) is 0 Å². The van der Waals surface area contributed by atoms with Crippen LogP contribution in [0, 0.1) is 0 Å². The first-order valence-corrected chi connectivity index (χ1v) is 3.89. The Labute approximate surface area is 79.2 Å². The second kappa shape index (κ2) is 4.07. The van der Waals surface area contributed by atoms with E-state index in [-0.39, 0.29) is 11.5 Å². The van der Waals surface area contributed by atoms with Crippen molar-refractivity contribution >= 4 is 11.8 Å². The number of carboxylic acids is 1. The van der Waals surface area contributed by atoms with Gasteiger partial charge in [-0.1, -0.05) is 0 Å². The minimum Gasteiger partial charge on any atom is -0.481 e. The Morgan fingerprint density at radius 1 is 1.64 bits per heavy atom. The summed E-state index contributed by atoms with van der Waals surface area (Å²) in [4.78, 5) is 10.2. The number of nitrogens with zero attached hydrogens (tertiary/aromatic N) is 1. The van der Waals surface area contributed by atoms with Crippen LogP contribution in [-0.4, -0.2) is 37.6 Å². The lowest BCUT2D eigenvalue weighted by Gasteiger charge is -2.13. The average Bonchev–Trinajstić information content (AvgIpc) is 2.49. The van der Waals surface area contributed by atoms with E-state index in [4.69, 9.17) is 10.8 Å². The summed E-state index contributed by atoms with van der Waals surface area (Å²) in [6, 6.07) is 1.33. The number of aliphatic hydroxyl groups is 2. The standard InChI is InChI=1S/C7H11N3O4/c8-5-1-3(9-10-5)7(14)4(11)2-6(12)13/h1,4,7,11,14H,2H2,(H,12,13)(H3,8,9,10). The van der Waals surface area contributed by atoms with Crippen LogP contribution in [0.15, 0.2) is 6.07 Å². The number of hydrogen-bond donors (Lipinski definition) is 5. The number of H-pyrrole nitrogens is 1. The van der Waals surface area contributed by atoms with E-state index >= 15 is 0 Å². The summed E-state index contributed by atoms with van der Waals surface area (Å²) < 4.78 is 0. The first kappa shape index (κ1) is 10.5. The summed E-state index contributed by atoms with van der Waals surface area (Å²) >= 11 is 0. The molecule has 0 saturated carbocycles. The number of nitrogen functional groups attached to an aromatic ring is 1. The highest BCUT2D eigenvalue weighted by Gasteiger charge is 2.22. The van der Waals surface area contributed by atoms with Gasteiger partial charge in [0.2, 0.25) is 0 Å². The molecule has 6 N–H and O–H groups in total. The van der Waals surface area contributed by atoms with Crippen LogP contribution in [0.3, 0.4) is 0 Å². The number of aliphatic carboxylic acids is 1. The van der Waals surface area contributed by atoms with Crippen molar-refractivity contribution in [2.24, 2.45) is 0 Å². The summed E-state index contributed by atoms with van der Waals surface area (Å²) in [5.74, 6) is -1.02. The fraction of sp³-hybridized carbons (Fsp3) is 0.429. The fourth-order valence-electron chi connectivity index (χ4n) is 1.00. The number of rotatable bonds is 4. The molecule has 1 aromatic heterocycles. The van der Waals surface area contributed by atoms with Gasteiger partial charge >= 0.3 is 5.97 Å². The molecule has 0 aromatic carbocycles. The van der Waals surface area contributed by atoms with Crippen molar-refractivity contribution < 1.29 is 20.1 Å². The van der Waals surface area contributed by atoms with Gasteiger partial charge in [-0.15, -0.1) is 0 Å². The first-order valence-electron chi connectivity index (χ1n) is 3.89. The Morgan fingerprint density at radius 2 is 2.29 bits per heavy atom. The van der Waals surface area contributed by atoms with E-state index in [0.717, 1.165) is 0 Å². The van der Waals surface area contributed by atoms with Gasteiger partial charge in [0.15, 0.2) is 0 Å². The number of nitrogens with two attached hydrogens (primary N) is 1. The van der Waals surface area contributed by atoms with Gasteiger partial charge in [-0.25, -0.2) is 0 Å². The number of hydrogen-bond acceptors (Lipinski definition) is 5. The van der Waals surface area contributed by atoms with Crippen molar-refractivity contribution in [3.05, 3.63) is 11.8 Å². The smallest absolute Gasteiger partial charge is 0.306 e. The number of aliphatic hydroxyl groups excluding tert-OH is 2. The maximum atomic E-state index is 10.2. The molecular weight excluding hydrogens is 190 g/mol. The third kappa shape index (κ3) is 2.44. The van der Waals surface area contributed by atoms with Crippen molar-refractivity contribution in [2.75, 3.05) is 5.73 Å². The van der Waals surface area contributed by atoms with Crippen LogP contribution in [0.1, 0.15) is 18.2 Å². The van der Waals surface area contributed by atoms with Crippen molar-refractivity contribution in [3.63, 3.8) is 0 Å². The zero-order chi connectivity index (χ0) is 10.7. The number of nitrogens with one attached hydrogen (secondary N) is 1. The van der Waals surface area contributed by atoms with E-state index in [1.54, 1.807) is 0 Å². The number of carbonyl (C=O) groups is 1. The SMILES string of the molecule is Nc1cc(C(O)C(O)CC(=O)O)[nH]n1. The van der Waals surface area contributed by atoms with E-state index in [0.29, 0.717) is 0 Å². The summed E-state index contributed by atoms with van der Waals surface area (Å²) in [6.45, 7) is 0. The second-order valence-corrected chi connectivity index (χ2v) is 2.86. The number of aromatic amines is 1. The summed E-state index contributed by atoms with van der Waals surface area (Å²) in [6.07, 6.45) is -3.25. The Balaban J connectivity index is 2.65. The number of aromatic nitrogens is 2. The molecule has 0 fully saturated rings. The van der Waals surface area contributed by atoms with Crippen molar-refractivity contribution in [1.82, 2.24) is 10.2 Å². The molecule has 0 aliphatic rings. The number of carboxylic acid groups (broad SMARTS) is 1. The number of anilines is 1. The predicted molar refractivity (Wildman–Crippen MR) is 46.2 cm³/mol. The van der Waals surface area contributed by atoms with Gasteiger partial charge in [-0.2, -0.15) is 5.10 Å². The molecule has 0 spiro atoms. The Morgan fingerprint density at radius 3 is 2.71 bits per heavy atom. The van der Waals surface area contributed by atoms with E-state index in [2.05, 4.69) is 10.2 Å². The predicted octanol–water partition coefficient (Wildman–Crippen LogP) is -1.14. The molecule has 2 unspecified atom stereocenters. The Bertz CT molecular complexity index is 324. The minimum absolute atomic E-state index is 0.168. The van der Waals surface area contributed by atoms with Crippen LogP contribution in [0.25, 0.3) is 0 Å². The van der Waals surface area contributed by atoms with Gasteiger partial charge in [-0.05, 0) is 0 Å². The molecule has 0 amide bonds. The highest BCUT2D eigenvalue weighted by atomic mass is 16.4. The molecule has 0 aliphatic carbocycles. The van der Waals surface area contributed by atoms with E-state index in [9.17, 15) is 15.0 Å². The third-order valence-corrected chi connectivity index (χ3v) is 1.68. The summed E-state index contributed by atoms with van der Waals surface area (Å²) in [5.41, 5.74) is 5.46. The van der Waals surface area contributed by atoms with Crippen molar-refractivity contribution in [3.8, 4) is 0 Å². The minimum atomic E-state index is -1.38. The van der Waals surface area contributed by atoms with Gasteiger partial charge in [0, 0.05) is 6.07 Å². The lowest BCUT2D eigenvalue weighted by atomic mass is 10.1. The molecular formula is C7H11N3O4. The second-order valence-electron chi connectivity index (χ2n) is 2.86. The molecule has 0 aliphatic heterocycles. The van der Waals surface area contributed by atoms with E-state index < -0.39 is 24.6 Å². The molecule has 0 radical (unpaired) electrons. The first-order chi connectivity index (χ1) is 6.50. The lowest BCUT2D eigenvalue weighted by molar-refractivity contribution is -0.141. The lowest BCUT2D eigenvalue weighted by Crippen LogP contribution is -2.22. The normalized spacial score (nSPS) is 15.0. The van der Waals surface area contributed by atoms with Crippen LogP contribution < -0.4 is 5.73 Å². The molecule has 14 heavy (non-hydrogen) atoms. The van der Waals surface area contributed by atoms with E-state index in [1.807, 2.05) is 0 Å². The van der Waals surface area contributed by atoms with Gasteiger partial charge in [0.05, 0.1) is 18.2 Å². The van der Waals surface area contributed by atoms with Crippen LogP contribution >= 0.6 is 0 Å². The summed E-state index contributed by atoms with van der Waals surface area (Å²) in [5, 5.41) is 32.9. The van der Waals surface area contributed by atoms with Crippen LogP contribution in [-0.2, 0) is 4.79 Å². The molecule has 1 aromatic rings. The zero-order valence-electron chi connectivity index (χ0n) is 7.21. The maximum absolute atomic E-state index is 10.2. The van der Waals surface area contributed by atoms with Gasteiger partial charge in [0.1, 0.15) is 11.9 Å². The summed E-state index contributed by atoms with van der Waals surface area (Å²) in [7, 11) is 0. The highest BCUT2D eigenvalue weighted by Crippen LogP contribution is 2.17. The van der Waals surface area contributed by atoms with Gasteiger partial charge in [-0.3, -0.25) is 9.89 Å². The molecule has 1 heterocycles. The third-order valence-electron chi connectivity index (χ3n) is 1.68. The van der Waals surface area contributed by atoms with Crippen LogP contribution in [0.4, 0.5) is 5.82 Å². The largest absolute Gasteiger partial charge is 0.481 e. The molecule has 0 saturated heterocycles. The monoisotopic (exact) mass is 201 g/mol. The highest BCUT2D eigenvalue weighted by molar-refractivity contribution is 5.67. The van der Waals surface area contributed by atoms with Crippen molar-refractivity contribution in [2.45, 2.75) is 18.6 Å². The molecule has 7 heteroatoms. The Kier molecular flexibility index (Phi) is 3.05. The van der Waals surface area contributed by atoms with E-state index in [1.165, 1.54) is 6.07 Å². The van der Waals surface area contributed by atoms with Gasteiger partial charge in [0.25, 0.3) is 0 Å². The van der Waals surface area contributed by atoms with Gasteiger partial charge < -0.3 is 21.1 Å².